The van der Waals surface area contributed by atoms with E-state index in [-0.39, 0.29) is 21.5 Å². The highest BCUT2D eigenvalue weighted by atomic mass is 35.5. The molecule has 29 heavy (non-hydrogen) atoms. The molecule has 6 nitrogen and oxygen atoms in total. The number of ether oxygens (including phenoxy) is 1. The van der Waals surface area contributed by atoms with Crippen molar-refractivity contribution in [3.63, 3.8) is 0 Å². The number of hydrogen-bond donors (Lipinski definition) is 2. The van der Waals surface area contributed by atoms with Gasteiger partial charge >= 0.3 is 0 Å². The van der Waals surface area contributed by atoms with Gasteiger partial charge in [-0.25, -0.2) is 8.42 Å². The Kier molecular flexibility index (Phi) is 6.53. The highest BCUT2D eigenvalue weighted by Crippen LogP contribution is 2.26. The Morgan fingerprint density at radius 2 is 1.76 bits per heavy atom. The van der Waals surface area contributed by atoms with Gasteiger partial charge in [-0.15, -0.1) is 0 Å². The smallest absolute Gasteiger partial charge is 0.261 e. The van der Waals surface area contributed by atoms with Gasteiger partial charge in [-0.1, -0.05) is 41.9 Å². The number of hydrogen-bond acceptors (Lipinski definition) is 4. The van der Waals surface area contributed by atoms with E-state index >= 15 is 0 Å². The van der Waals surface area contributed by atoms with Gasteiger partial charge in [0.15, 0.2) is 0 Å². The molecule has 0 spiro atoms. The molecule has 150 valence electrons. The van der Waals surface area contributed by atoms with E-state index in [1.54, 1.807) is 31.4 Å². The maximum Gasteiger partial charge on any atom is 0.261 e. The van der Waals surface area contributed by atoms with Crippen molar-refractivity contribution in [1.82, 2.24) is 0 Å². The summed E-state index contributed by atoms with van der Waals surface area (Å²) < 4.78 is 32.4. The third kappa shape index (κ3) is 5.35. The number of sulfonamides is 1. The standard InChI is InChI=1S/C21H19ClN2O4S/c1-28-14-15-6-5-7-17(12-15)23-21(25)16-10-11-20(19(22)13-16)24-29(26,27)18-8-3-2-4-9-18/h2-13,24H,14H2,1H3,(H,23,25). The van der Waals surface area contributed by atoms with E-state index in [0.29, 0.717) is 17.9 Å². The van der Waals surface area contributed by atoms with Gasteiger partial charge in [0.25, 0.3) is 15.9 Å². The largest absolute Gasteiger partial charge is 0.380 e. The first kappa shape index (κ1) is 20.9. The summed E-state index contributed by atoms with van der Waals surface area (Å²) in [4.78, 5) is 12.6. The van der Waals surface area contributed by atoms with Gasteiger partial charge in [-0.2, -0.15) is 0 Å². The summed E-state index contributed by atoms with van der Waals surface area (Å²) in [6, 6.07) is 19.6. The van der Waals surface area contributed by atoms with Gasteiger partial charge in [-0.3, -0.25) is 9.52 Å². The summed E-state index contributed by atoms with van der Waals surface area (Å²) in [5.41, 5.74) is 2.03. The highest BCUT2D eigenvalue weighted by molar-refractivity contribution is 7.92. The molecule has 8 heteroatoms. The zero-order chi connectivity index (χ0) is 20.9. The fraction of sp³-hybridized carbons (Fsp3) is 0.0952. The van der Waals surface area contributed by atoms with Crippen molar-refractivity contribution in [1.29, 1.82) is 0 Å². The Morgan fingerprint density at radius 1 is 1.00 bits per heavy atom. The predicted molar refractivity (Wildman–Crippen MR) is 114 cm³/mol. The van der Waals surface area contributed by atoms with Crippen LogP contribution in [-0.2, 0) is 21.4 Å². The van der Waals surface area contributed by atoms with Gasteiger partial charge in [0.05, 0.1) is 22.2 Å². The minimum Gasteiger partial charge on any atom is -0.380 e. The Labute approximate surface area is 174 Å². The number of anilines is 2. The summed E-state index contributed by atoms with van der Waals surface area (Å²) in [5, 5.41) is 2.90. The monoisotopic (exact) mass is 430 g/mol. The van der Waals surface area contributed by atoms with Gasteiger partial charge in [-0.05, 0) is 48.0 Å². The maximum atomic E-state index is 12.5. The van der Waals surface area contributed by atoms with Crippen LogP contribution in [-0.4, -0.2) is 21.4 Å². The molecule has 0 fully saturated rings. The first-order valence-electron chi connectivity index (χ1n) is 8.66. The zero-order valence-electron chi connectivity index (χ0n) is 15.6. The summed E-state index contributed by atoms with van der Waals surface area (Å²) in [7, 11) is -2.18. The second-order valence-corrected chi connectivity index (χ2v) is 8.29. The van der Waals surface area contributed by atoms with Gasteiger partial charge in [0, 0.05) is 18.4 Å². The molecule has 0 aliphatic rings. The average Bonchev–Trinajstić information content (AvgIpc) is 2.70. The molecule has 0 atom stereocenters. The minimum atomic E-state index is -3.77. The quantitative estimate of drug-likeness (QED) is 0.576. The molecule has 0 aromatic heterocycles. The van der Waals surface area contributed by atoms with Crippen LogP contribution in [0.1, 0.15) is 15.9 Å². The normalized spacial score (nSPS) is 11.1. The van der Waals surface area contributed by atoms with E-state index in [2.05, 4.69) is 10.0 Å². The first-order valence-corrected chi connectivity index (χ1v) is 10.5. The summed E-state index contributed by atoms with van der Waals surface area (Å²) >= 11 is 6.21. The number of carbonyl (C=O) groups is 1. The molecule has 0 saturated carbocycles. The number of carbonyl (C=O) groups excluding carboxylic acids is 1. The molecular formula is C21H19ClN2O4S. The number of nitrogens with one attached hydrogen (secondary N) is 2. The molecule has 0 bridgehead atoms. The van der Waals surface area contributed by atoms with E-state index in [4.69, 9.17) is 16.3 Å². The lowest BCUT2D eigenvalue weighted by Crippen LogP contribution is -2.15. The topological polar surface area (TPSA) is 84.5 Å². The number of rotatable bonds is 7. The van der Waals surface area contributed by atoms with Crippen LogP contribution >= 0.6 is 11.6 Å². The summed E-state index contributed by atoms with van der Waals surface area (Å²) in [6.45, 7) is 0.436. The van der Waals surface area contributed by atoms with Gasteiger partial charge < -0.3 is 10.1 Å². The molecular weight excluding hydrogens is 412 g/mol. The van der Waals surface area contributed by atoms with E-state index in [1.807, 2.05) is 18.2 Å². The van der Waals surface area contributed by atoms with E-state index in [0.717, 1.165) is 5.56 Å². The van der Waals surface area contributed by atoms with Crippen LogP contribution in [0.2, 0.25) is 5.02 Å². The second kappa shape index (κ2) is 9.09. The lowest BCUT2D eigenvalue weighted by atomic mass is 10.1. The Morgan fingerprint density at radius 3 is 2.45 bits per heavy atom. The van der Waals surface area contributed by atoms with E-state index < -0.39 is 10.0 Å². The first-order chi connectivity index (χ1) is 13.9. The van der Waals surface area contributed by atoms with Crippen LogP contribution in [0.4, 0.5) is 11.4 Å². The Bertz CT molecular complexity index is 1120. The fourth-order valence-electron chi connectivity index (χ4n) is 2.65. The third-order valence-electron chi connectivity index (χ3n) is 4.02. The predicted octanol–water partition coefficient (Wildman–Crippen LogP) is 4.54. The third-order valence-corrected chi connectivity index (χ3v) is 5.72. The number of methoxy groups -OCH3 is 1. The van der Waals surface area contributed by atoms with Gasteiger partial charge in [0.2, 0.25) is 0 Å². The molecule has 0 heterocycles. The van der Waals surface area contributed by atoms with E-state index in [1.165, 1.54) is 30.3 Å². The van der Waals surface area contributed by atoms with Gasteiger partial charge in [0.1, 0.15) is 0 Å². The van der Waals surface area contributed by atoms with Crippen LogP contribution in [0.15, 0.2) is 77.7 Å². The van der Waals surface area contributed by atoms with Crippen molar-refractivity contribution >= 4 is 38.9 Å². The maximum absolute atomic E-state index is 12.5. The highest BCUT2D eigenvalue weighted by Gasteiger charge is 2.16. The average molecular weight is 431 g/mol. The molecule has 0 radical (unpaired) electrons. The van der Waals surface area contributed by atoms with Crippen LogP contribution in [0.5, 0.6) is 0 Å². The number of halogens is 1. The molecule has 3 aromatic rings. The minimum absolute atomic E-state index is 0.116. The van der Waals surface area contributed by atoms with Crippen molar-refractivity contribution in [2.24, 2.45) is 0 Å². The molecule has 3 rings (SSSR count). The van der Waals surface area contributed by atoms with Crippen LogP contribution in [0, 0.1) is 0 Å². The molecule has 1 amide bonds. The number of amides is 1. The molecule has 0 aliphatic heterocycles. The van der Waals surface area contributed by atoms with Crippen molar-refractivity contribution in [3.05, 3.63) is 88.9 Å². The molecule has 3 aromatic carbocycles. The van der Waals surface area contributed by atoms with Crippen molar-refractivity contribution in [2.45, 2.75) is 11.5 Å². The second-order valence-electron chi connectivity index (χ2n) is 6.20. The zero-order valence-corrected chi connectivity index (χ0v) is 17.1. The molecule has 0 aliphatic carbocycles. The van der Waals surface area contributed by atoms with Crippen LogP contribution < -0.4 is 10.0 Å². The Balaban J connectivity index is 1.75. The lowest BCUT2D eigenvalue weighted by Gasteiger charge is -2.11. The lowest BCUT2D eigenvalue weighted by molar-refractivity contribution is 0.102. The summed E-state index contributed by atoms with van der Waals surface area (Å²) in [5.74, 6) is -0.362. The summed E-state index contributed by atoms with van der Waals surface area (Å²) in [6.07, 6.45) is 0. The van der Waals surface area contributed by atoms with E-state index in [9.17, 15) is 13.2 Å². The Hall–Kier alpha value is -2.87. The SMILES string of the molecule is COCc1cccc(NC(=O)c2ccc(NS(=O)(=O)c3ccccc3)c(Cl)c2)c1. The van der Waals surface area contributed by atoms with Crippen LogP contribution in [0.3, 0.4) is 0 Å². The van der Waals surface area contributed by atoms with Crippen molar-refractivity contribution < 1.29 is 17.9 Å². The molecule has 2 N–H and O–H groups in total. The van der Waals surface area contributed by atoms with Crippen molar-refractivity contribution in [2.75, 3.05) is 17.1 Å². The van der Waals surface area contributed by atoms with Crippen molar-refractivity contribution in [3.8, 4) is 0 Å². The molecule has 0 saturated heterocycles. The van der Waals surface area contributed by atoms with Crippen LogP contribution in [0.25, 0.3) is 0 Å². The molecule has 0 unspecified atom stereocenters. The number of benzene rings is 3. The fourth-order valence-corrected chi connectivity index (χ4v) is 4.04.